The Bertz CT molecular complexity index is 1220. The maximum absolute atomic E-state index is 12.8. The second kappa shape index (κ2) is 13.0. The summed E-state index contributed by atoms with van der Waals surface area (Å²) in [5, 5.41) is 8.88. The molecule has 0 unspecified atom stereocenters. The molecule has 10 heteroatoms. The van der Waals surface area contributed by atoms with E-state index in [2.05, 4.69) is 39.9 Å². The predicted octanol–water partition coefficient (Wildman–Crippen LogP) is 3.74. The second-order valence-corrected chi connectivity index (χ2v) is 9.02. The first-order valence-corrected chi connectivity index (χ1v) is 13.2. The van der Waals surface area contributed by atoms with Gasteiger partial charge in [0.2, 0.25) is 5.75 Å². The number of methoxy groups -OCH3 is 3. The lowest BCUT2D eigenvalue weighted by atomic mass is 10.1. The standard InChI is InChI=1S/C29H37N5O5/c1-6-32(7-2)22-9-8-10-23(19-22)39-20-28(35)34-15-13-33(14-16-34)27-12-11-24(30-31-27)21-17-25(36-3)29(38-5)26(18-21)37-4/h8-12,17-19H,6-7,13-16,20H2,1-5H3. The van der Waals surface area contributed by atoms with E-state index < -0.39 is 0 Å². The smallest absolute Gasteiger partial charge is 0.260 e. The van der Waals surface area contributed by atoms with Crippen LogP contribution in [0.3, 0.4) is 0 Å². The van der Waals surface area contributed by atoms with Gasteiger partial charge >= 0.3 is 0 Å². The van der Waals surface area contributed by atoms with Crippen LogP contribution >= 0.6 is 0 Å². The lowest BCUT2D eigenvalue weighted by molar-refractivity contribution is -0.133. The largest absolute Gasteiger partial charge is 0.493 e. The highest BCUT2D eigenvalue weighted by Crippen LogP contribution is 2.40. The molecule has 1 amide bonds. The normalized spacial score (nSPS) is 13.2. The van der Waals surface area contributed by atoms with Gasteiger partial charge in [0.15, 0.2) is 23.9 Å². The summed E-state index contributed by atoms with van der Waals surface area (Å²) < 4.78 is 22.1. The van der Waals surface area contributed by atoms with Crippen molar-refractivity contribution in [1.82, 2.24) is 15.1 Å². The van der Waals surface area contributed by atoms with Gasteiger partial charge in [-0.1, -0.05) is 6.07 Å². The van der Waals surface area contributed by atoms with Crippen LogP contribution < -0.4 is 28.7 Å². The minimum atomic E-state index is -0.0216. The van der Waals surface area contributed by atoms with Crippen LogP contribution in [-0.2, 0) is 4.79 Å². The fraction of sp³-hybridized carbons (Fsp3) is 0.414. The summed E-state index contributed by atoms with van der Waals surface area (Å²) in [5.41, 5.74) is 2.59. The first-order chi connectivity index (χ1) is 19.0. The van der Waals surface area contributed by atoms with E-state index in [9.17, 15) is 4.79 Å². The highest BCUT2D eigenvalue weighted by molar-refractivity contribution is 5.78. The van der Waals surface area contributed by atoms with Crippen LogP contribution in [0.1, 0.15) is 13.8 Å². The summed E-state index contributed by atoms with van der Waals surface area (Å²) in [7, 11) is 4.73. The monoisotopic (exact) mass is 535 g/mol. The summed E-state index contributed by atoms with van der Waals surface area (Å²) in [5.74, 6) is 3.08. The fourth-order valence-electron chi connectivity index (χ4n) is 4.66. The molecule has 1 aliphatic heterocycles. The zero-order valence-corrected chi connectivity index (χ0v) is 23.3. The summed E-state index contributed by atoms with van der Waals surface area (Å²) in [6, 6.07) is 15.4. The molecule has 0 atom stereocenters. The molecular weight excluding hydrogens is 498 g/mol. The van der Waals surface area contributed by atoms with Crippen LogP contribution in [0, 0.1) is 0 Å². The molecule has 1 fully saturated rings. The number of anilines is 2. The summed E-state index contributed by atoms with van der Waals surface area (Å²) in [6.07, 6.45) is 0. The van der Waals surface area contributed by atoms with Gasteiger partial charge < -0.3 is 33.6 Å². The number of amides is 1. The number of rotatable bonds is 11. The minimum Gasteiger partial charge on any atom is -0.493 e. The molecule has 0 spiro atoms. The molecule has 39 heavy (non-hydrogen) atoms. The van der Waals surface area contributed by atoms with Gasteiger partial charge in [0, 0.05) is 56.6 Å². The Morgan fingerprint density at radius 3 is 2.13 bits per heavy atom. The number of ether oxygens (including phenoxy) is 4. The van der Waals surface area contributed by atoms with Gasteiger partial charge in [0.1, 0.15) is 5.75 Å². The number of carbonyl (C=O) groups excluding carboxylic acids is 1. The Morgan fingerprint density at radius 1 is 0.872 bits per heavy atom. The van der Waals surface area contributed by atoms with E-state index in [1.165, 1.54) is 0 Å². The lowest BCUT2D eigenvalue weighted by Crippen LogP contribution is -2.50. The zero-order valence-electron chi connectivity index (χ0n) is 23.3. The molecule has 1 aromatic heterocycles. The maximum atomic E-state index is 12.8. The lowest BCUT2D eigenvalue weighted by Gasteiger charge is -2.35. The van der Waals surface area contributed by atoms with Crippen LogP contribution in [0.5, 0.6) is 23.0 Å². The summed E-state index contributed by atoms with van der Waals surface area (Å²) in [6.45, 7) is 8.62. The molecule has 4 rings (SSSR count). The van der Waals surface area contributed by atoms with Crippen LogP contribution in [0.25, 0.3) is 11.3 Å². The minimum absolute atomic E-state index is 0.0188. The van der Waals surface area contributed by atoms with Crippen molar-refractivity contribution in [2.75, 3.05) is 77.0 Å². The van der Waals surface area contributed by atoms with E-state index in [0.29, 0.717) is 54.9 Å². The molecule has 1 aliphatic rings. The molecule has 1 saturated heterocycles. The van der Waals surface area contributed by atoms with Crippen molar-refractivity contribution in [3.8, 4) is 34.3 Å². The van der Waals surface area contributed by atoms with Crippen LogP contribution in [0.2, 0.25) is 0 Å². The van der Waals surface area contributed by atoms with Crippen LogP contribution in [-0.4, -0.2) is 88.2 Å². The van der Waals surface area contributed by atoms with Gasteiger partial charge in [-0.05, 0) is 50.2 Å². The van der Waals surface area contributed by atoms with Gasteiger partial charge in [-0.25, -0.2) is 0 Å². The third-order valence-corrected chi connectivity index (χ3v) is 6.88. The van der Waals surface area contributed by atoms with Crippen molar-refractivity contribution in [2.45, 2.75) is 13.8 Å². The number of aromatic nitrogens is 2. The molecule has 0 radical (unpaired) electrons. The number of hydrogen-bond donors (Lipinski definition) is 0. The van der Waals surface area contributed by atoms with E-state index in [4.69, 9.17) is 18.9 Å². The van der Waals surface area contributed by atoms with Crippen molar-refractivity contribution in [1.29, 1.82) is 0 Å². The SMILES string of the molecule is CCN(CC)c1cccc(OCC(=O)N2CCN(c3ccc(-c4cc(OC)c(OC)c(OC)c4)nn3)CC2)c1. The quantitative estimate of drug-likeness (QED) is 0.364. The Morgan fingerprint density at radius 2 is 1.56 bits per heavy atom. The first kappa shape index (κ1) is 27.8. The first-order valence-electron chi connectivity index (χ1n) is 13.2. The highest BCUT2D eigenvalue weighted by atomic mass is 16.5. The van der Waals surface area contributed by atoms with Crippen molar-refractivity contribution in [2.24, 2.45) is 0 Å². The average molecular weight is 536 g/mol. The topological polar surface area (TPSA) is 89.5 Å². The number of benzene rings is 2. The fourth-order valence-corrected chi connectivity index (χ4v) is 4.66. The Hall–Kier alpha value is -4.21. The third kappa shape index (κ3) is 6.45. The second-order valence-electron chi connectivity index (χ2n) is 9.02. The van der Waals surface area contributed by atoms with E-state index in [1.54, 1.807) is 21.3 Å². The predicted molar refractivity (Wildman–Crippen MR) is 151 cm³/mol. The third-order valence-electron chi connectivity index (χ3n) is 6.88. The molecule has 3 aromatic rings. The molecule has 0 saturated carbocycles. The van der Waals surface area contributed by atoms with Gasteiger partial charge in [0.05, 0.1) is 27.0 Å². The Kier molecular flexibility index (Phi) is 9.30. The molecule has 2 aromatic carbocycles. The van der Waals surface area contributed by atoms with Crippen molar-refractivity contribution >= 4 is 17.4 Å². The number of nitrogens with zero attached hydrogens (tertiary/aromatic N) is 5. The van der Waals surface area contributed by atoms with Gasteiger partial charge in [-0.3, -0.25) is 4.79 Å². The van der Waals surface area contributed by atoms with E-state index in [1.807, 2.05) is 47.4 Å². The molecule has 0 aliphatic carbocycles. The Balaban J connectivity index is 1.33. The highest BCUT2D eigenvalue weighted by Gasteiger charge is 2.23. The zero-order chi connectivity index (χ0) is 27.8. The molecule has 2 heterocycles. The number of piperazine rings is 1. The van der Waals surface area contributed by atoms with Crippen LogP contribution in [0.15, 0.2) is 48.5 Å². The summed E-state index contributed by atoms with van der Waals surface area (Å²) >= 11 is 0. The summed E-state index contributed by atoms with van der Waals surface area (Å²) in [4.78, 5) is 19.0. The van der Waals surface area contributed by atoms with E-state index in [0.717, 1.165) is 30.2 Å². The van der Waals surface area contributed by atoms with Crippen LogP contribution in [0.4, 0.5) is 11.5 Å². The maximum Gasteiger partial charge on any atom is 0.260 e. The molecular formula is C29H37N5O5. The van der Waals surface area contributed by atoms with Crippen molar-refractivity contribution < 1.29 is 23.7 Å². The molecule has 10 nitrogen and oxygen atoms in total. The van der Waals surface area contributed by atoms with Crippen molar-refractivity contribution in [3.63, 3.8) is 0 Å². The van der Waals surface area contributed by atoms with Gasteiger partial charge in [0.25, 0.3) is 5.91 Å². The van der Waals surface area contributed by atoms with Crippen molar-refractivity contribution in [3.05, 3.63) is 48.5 Å². The molecule has 208 valence electrons. The van der Waals surface area contributed by atoms with E-state index >= 15 is 0 Å². The average Bonchev–Trinajstić information content (AvgIpc) is 3.00. The van der Waals surface area contributed by atoms with Gasteiger partial charge in [-0.2, -0.15) is 0 Å². The number of carbonyl (C=O) groups is 1. The molecule has 0 N–H and O–H groups in total. The molecule has 0 bridgehead atoms. The van der Waals surface area contributed by atoms with Gasteiger partial charge in [-0.15, -0.1) is 10.2 Å². The van der Waals surface area contributed by atoms with E-state index in [-0.39, 0.29) is 12.5 Å². The number of hydrogen-bond acceptors (Lipinski definition) is 9. The Labute approximate surface area is 230 Å².